The van der Waals surface area contributed by atoms with Gasteiger partial charge in [0.15, 0.2) is 23.0 Å². The molecule has 2 bridgehead atoms. The minimum atomic E-state index is -0.320. The first-order valence-corrected chi connectivity index (χ1v) is 11.3. The van der Waals surface area contributed by atoms with Crippen molar-refractivity contribution in [1.29, 1.82) is 0 Å². The van der Waals surface area contributed by atoms with Gasteiger partial charge in [-0.25, -0.2) is 0 Å². The molecular formula is C20H28I2O3. The van der Waals surface area contributed by atoms with Crippen LogP contribution in [0, 0.1) is 28.1 Å². The van der Waals surface area contributed by atoms with Gasteiger partial charge in [-0.05, 0) is 86.5 Å². The van der Waals surface area contributed by atoms with Gasteiger partial charge in [0.05, 0.1) is 5.41 Å². The quantitative estimate of drug-likeness (QED) is 0.288. The van der Waals surface area contributed by atoms with Crippen LogP contribution in [0.1, 0.15) is 71.6 Å². The van der Waals surface area contributed by atoms with E-state index in [2.05, 4.69) is 43.4 Å². The van der Waals surface area contributed by atoms with Crippen LogP contribution in [-0.2, 0) is 10.9 Å². The van der Waals surface area contributed by atoms with Crippen molar-refractivity contribution in [2.75, 3.05) is 0 Å². The zero-order chi connectivity index (χ0) is 18.1. The molecule has 140 valence electrons. The van der Waals surface area contributed by atoms with Crippen molar-refractivity contribution in [1.82, 2.24) is 0 Å². The molecule has 4 aliphatic carbocycles. The average molecular weight is 570 g/mol. The second-order valence-corrected chi connectivity index (χ2v) is 10.6. The van der Waals surface area contributed by atoms with E-state index in [1.165, 1.54) is 24.8 Å². The molecular weight excluding hydrogens is 542 g/mol. The number of fused-ring (bicyclic) bond motifs is 3. The van der Waals surface area contributed by atoms with E-state index in [-0.39, 0.29) is 22.4 Å². The van der Waals surface area contributed by atoms with E-state index in [0.717, 1.165) is 38.5 Å². The molecule has 0 heterocycles. The lowest BCUT2D eigenvalue weighted by Gasteiger charge is -2.63. The van der Waals surface area contributed by atoms with E-state index >= 15 is 0 Å². The molecule has 4 rings (SSSR count). The molecule has 0 aromatic carbocycles. The van der Waals surface area contributed by atoms with Crippen LogP contribution in [0.4, 0.5) is 0 Å². The molecule has 3 nitrogen and oxygen atoms in total. The molecule has 5 heteroatoms. The first-order chi connectivity index (χ1) is 11.8. The van der Waals surface area contributed by atoms with Gasteiger partial charge in [-0.3, -0.25) is 4.79 Å². The largest absolute Gasteiger partial charge is 0.394 e. The molecule has 0 aromatic heterocycles. The smallest absolute Gasteiger partial charge is 0.321 e. The van der Waals surface area contributed by atoms with E-state index < -0.39 is 0 Å². The van der Waals surface area contributed by atoms with Crippen molar-refractivity contribution in [3.05, 3.63) is 12.2 Å². The third-order valence-corrected chi connectivity index (χ3v) is 10.1. The summed E-state index contributed by atoms with van der Waals surface area (Å²) < 4.78 is 11.2. The summed E-state index contributed by atoms with van der Waals surface area (Å²) in [5.41, 5.74) is 1.49. The van der Waals surface area contributed by atoms with Crippen molar-refractivity contribution < 1.29 is 10.9 Å². The van der Waals surface area contributed by atoms with E-state index in [1.54, 1.807) is 23.0 Å². The van der Waals surface area contributed by atoms with Crippen molar-refractivity contribution in [2.45, 2.75) is 77.2 Å². The Bertz CT molecular complexity index is 622. The maximum Gasteiger partial charge on any atom is 0.321 e. The lowest BCUT2D eigenvalue weighted by molar-refractivity contribution is -0.179. The fourth-order valence-electron chi connectivity index (χ4n) is 7.78. The van der Waals surface area contributed by atoms with Gasteiger partial charge in [0.25, 0.3) is 0 Å². The molecule has 4 fully saturated rings. The number of rotatable bonds is 2. The van der Waals surface area contributed by atoms with Crippen LogP contribution in [0.25, 0.3) is 0 Å². The molecule has 0 saturated heterocycles. The van der Waals surface area contributed by atoms with Gasteiger partial charge >= 0.3 is 5.97 Å². The summed E-state index contributed by atoms with van der Waals surface area (Å²) in [6.07, 6.45) is 10.3. The topological polar surface area (TPSA) is 35.5 Å². The highest BCUT2D eigenvalue weighted by Gasteiger charge is 2.68. The van der Waals surface area contributed by atoms with E-state index in [0.29, 0.717) is 17.3 Å². The highest BCUT2D eigenvalue weighted by atomic mass is 127. The second kappa shape index (κ2) is 6.06. The summed E-state index contributed by atoms with van der Waals surface area (Å²) in [6, 6.07) is 0. The molecule has 0 aliphatic heterocycles. The first-order valence-electron chi connectivity index (χ1n) is 9.57. The molecule has 6 atom stereocenters. The minimum Gasteiger partial charge on any atom is -0.394 e. The van der Waals surface area contributed by atoms with Gasteiger partial charge in [0, 0.05) is 0 Å². The molecule has 0 N–H and O–H groups in total. The predicted molar refractivity (Wildman–Crippen MR) is 114 cm³/mol. The Morgan fingerprint density at radius 2 is 1.84 bits per heavy atom. The summed E-state index contributed by atoms with van der Waals surface area (Å²) in [4.78, 5) is 12.7. The maximum absolute atomic E-state index is 12.7. The van der Waals surface area contributed by atoms with Crippen LogP contribution < -0.4 is 0 Å². The Labute approximate surface area is 179 Å². The van der Waals surface area contributed by atoms with Crippen molar-refractivity contribution in [3.63, 3.8) is 0 Å². The molecule has 4 aliphatic rings. The molecule has 25 heavy (non-hydrogen) atoms. The lowest BCUT2D eigenvalue weighted by Crippen LogP contribution is -2.59. The highest BCUT2D eigenvalue weighted by Crippen LogP contribution is 2.73. The Balaban J connectivity index is 1.73. The number of hydrogen-bond acceptors (Lipinski definition) is 3. The van der Waals surface area contributed by atoms with E-state index in [9.17, 15) is 4.79 Å². The fourth-order valence-corrected chi connectivity index (χ4v) is 8.97. The van der Waals surface area contributed by atoms with Gasteiger partial charge in [-0.2, -0.15) is 0 Å². The van der Waals surface area contributed by atoms with Crippen LogP contribution in [0.5, 0.6) is 0 Å². The number of carbonyl (C=O) groups excluding carboxylic acids is 1. The zero-order valence-electron chi connectivity index (χ0n) is 15.2. The number of hydrogen-bond donors (Lipinski definition) is 0. The van der Waals surface area contributed by atoms with Crippen molar-refractivity contribution in [3.8, 4) is 0 Å². The normalized spacial score (nSPS) is 51.6. The van der Waals surface area contributed by atoms with Crippen LogP contribution >= 0.6 is 46.0 Å². The minimum absolute atomic E-state index is 0.00319. The maximum atomic E-state index is 12.7. The van der Waals surface area contributed by atoms with Crippen molar-refractivity contribution in [2.24, 2.45) is 28.1 Å². The second-order valence-electron chi connectivity index (χ2n) is 9.71. The summed E-state index contributed by atoms with van der Waals surface area (Å²) in [7, 11) is 0. The van der Waals surface area contributed by atoms with Crippen LogP contribution in [0.3, 0.4) is 0 Å². The standard InChI is InChI=1S/C20H28I2O3/c1-13-11-19-9-5-14-17(2,7-4-8-18(14,3)16(23)24-21)15(19)6-10-20(13,12-19)25-22/h14-15H,1,4-12H2,2-3H3. The van der Waals surface area contributed by atoms with Crippen LogP contribution in [-0.4, -0.2) is 11.6 Å². The summed E-state index contributed by atoms with van der Waals surface area (Å²) in [5, 5.41) is 0. The number of carbonyl (C=O) groups is 1. The molecule has 6 unspecified atom stereocenters. The Morgan fingerprint density at radius 1 is 1.12 bits per heavy atom. The first kappa shape index (κ1) is 19.0. The van der Waals surface area contributed by atoms with E-state index in [1.807, 2.05) is 0 Å². The summed E-state index contributed by atoms with van der Waals surface area (Å²) in [6.45, 7) is 9.07. The van der Waals surface area contributed by atoms with E-state index in [4.69, 9.17) is 6.13 Å². The summed E-state index contributed by atoms with van der Waals surface area (Å²) in [5.74, 6) is 1.12. The third kappa shape index (κ3) is 2.39. The third-order valence-electron chi connectivity index (χ3n) is 8.81. The van der Waals surface area contributed by atoms with Gasteiger partial charge in [-0.15, -0.1) is 0 Å². The molecule has 0 amide bonds. The van der Waals surface area contributed by atoms with Crippen molar-refractivity contribution >= 4 is 52.0 Å². The monoisotopic (exact) mass is 570 g/mol. The fraction of sp³-hybridized carbons (Fsp3) is 0.850. The Hall–Kier alpha value is 0.630. The molecule has 1 spiro atoms. The summed E-state index contributed by atoms with van der Waals surface area (Å²) >= 11 is 3.88. The van der Waals surface area contributed by atoms with Gasteiger partial charge in [0.2, 0.25) is 0 Å². The average Bonchev–Trinajstić information content (AvgIpc) is 2.79. The van der Waals surface area contributed by atoms with Gasteiger partial charge < -0.3 is 6.13 Å². The Morgan fingerprint density at radius 3 is 2.52 bits per heavy atom. The Kier molecular flexibility index (Phi) is 4.60. The van der Waals surface area contributed by atoms with Gasteiger partial charge in [0.1, 0.15) is 28.6 Å². The van der Waals surface area contributed by atoms with Crippen LogP contribution in [0.15, 0.2) is 12.2 Å². The zero-order valence-corrected chi connectivity index (χ0v) is 19.5. The molecule has 4 saturated carbocycles. The SMILES string of the molecule is C=C1CC23CCC4C(C)(C(=O)OI)CCCC4(C)C2CCC1(OI)C3. The van der Waals surface area contributed by atoms with Gasteiger partial charge in [-0.1, -0.05) is 19.9 Å². The molecule has 0 aromatic rings. The lowest BCUT2D eigenvalue weighted by atomic mass is 9.41. The molecule has 0 radical (unpaired) electrons. The number of halogens is 2. The predicted octanol–water partition coefficient (Wildman–Crippen LogP) is 6.34. The van der Waals surface area contributed by atoms with Crippen LogP contribution in [0.2, 0.25) is 0 Å². The highest BCUT2D eigenvalue weighted by molar-refractivity contribution is 14.1.